The third kappa shape index (κ3) is 3.97. The molecule has 0 saturated carbocycles. The zero-order valence-electron chi connectivity index (χ0n) is 14.2. The van der Waals surface area contributed by atoms with Crippen LogP contribution in [0.2, 0.25) is 0 Å². The predicted molar refractivity (Wildman–Crippen MR) is 108 cm³/mol. The fraction of sp³-hybridized carbons (Fsp3) is 0.0476. The summed E-state index contributed by atoms with van der Waals surface area (Å²) in [5.41, 5.74) is 0.982. The van der Waals surface area contributed by atoms with Crippen molar-refractivity contribution in [3.63, 3.8) is 0 Å². The number of hydrogen-bond donors (Lipinski definition) is 1. The summed E-state index contributed by atoms with van der Waals surface area (Å²) in [5, 5.41) is 10.6. The van der Waals surface area contributed by atoms with Crippen molar-refractivity contribution >= 4 is 39.2 Å². The topological polar surface area (TPSA) is 59.4 Å². The molecular formula is C21H15NO3S2. The minimum atomic E-state index is -0.910. The predicted octanol–water partition coefficient (Wildman–Crippen LogP) is 5.72. The summed E-state index contributed by atoms with van der Waals surface area (Å²) in [6.07, 6.45) is 3.49. The highest BCUT2D eigenvalue weighted by molar-refractivity contribution is 7.99. The van der Waals surface area contributed by atoms with Crippen molar-refractivity contribution in [1.82, 2.24) is 4.98 Å². The second-order valence-corrected chi connectivity index (χ2v) is 7.92. The lowest BCUT2D eigenvalue weighted by Gasteiger charge is -2.06. The van der Waals surface area contributed by atoms with Gasteiger partial charge in [0.1, 0.15) is 17.2 Å². The Morgan fingerprint density at radius 1 is 1.11 bits per heavy atom. The first-order chi connectivity index (χ1) is 13.2. The average molecular weight is 393 g/mol. The van der Waals surface area contributed by atoms with Gasteiger partial charge < -0.3 is 9.84 Å². The molecule has 0 aliphatic heterocycles. The zero-order chi connectivity index (χ0) is 18.6. The number of hydrogen-bond acceptors (Lipinski definition) is 5. The molecule has 0 fully saturated rings. The molecule has 0 saturated heterocycles. The number of pyridine rings is 1. The lowest BCUT2D eigenvalue weighted by molar-refractivity contribution is 0.0699. The Labute approximate surface area is 164 Å². The van der Waals surface area contributed by atoms with Gasteiger partial charge in [0.15, 0.2) is 0 Å². The summed E-state index contributed by atoms with van der Waals surface area (Å²) in [5.74, 6) is -0.201. The maximum Gasteiger partial charge on any atom is 0.347 e. The molecule has 0 aliphatic carbocycles. The number of carbonyl (C=O) groups is 1. The normalized spacial score (nSPS) is 10.8. The number of carboxylic acids is 1. The first-order valence-corrected chi connectivity index (χ1v) is 9.88. The highest BCUT2D eigenvalue weighted by Gasteiger charge is 2.19. The largest absolute Gasteiger partial charge is 0.489 e. The van der Waals surface area contributed by atoms with E-state index in [-0.39, 0.29) is 0 Å². The molecule has 0 spiro atoms. The van der Waals surface area contributed by atoms with Crippen molar-refractivity contribution in [3.8, 4) is 5.75 Å². The molecule has 4 aromatic rings. The van der Waals surface area contributed by atoms with Crippen LogP contribution in [0, 0.1) is 0 Å². The van der Waals surface area contributed by atoms with Crippen LogP contribution < -0.4 is 4.74 Å². The number of fused-ring (bicyclic) bond motifs is 1. The van der Waals surface area contributed by atoms with Crippen molar-refractivity contribution < 1.29 is 14.6 Å². The van der Waals surface area contributed by atoms with Crippen LogP contribution in [0.4, 0.5) is 0 Å². The first kappa shape index (κ1) is 17.6. The number of rotatable bonds is 6. The number of aromatic nitrogens is 1. The van der Waals surface area contributed by atoms with Gasteiger partial charge in [-0.1, -0.05) is 36.0 Å². The third-order valence-corrected chi connectivity index (χ3v) is 6.31. The molecule has 2 heterocycles. The number of nitrogens with zero attached hydrogens (tertiary/aromatic N) is 1. The van der Waals surface area contributed by atoms with Crippen LogP contribution in [-0.2, 0) is 6.61 Å². The lowest BCUT2D eigenvalue weighted by Crippen LogP contribution is -1.95. The molecule has 0 atom stereocenters. The van der Waals surface area contributed by atoms with Crippen molar-refractivity contribution in [3.05, 3.63) is 83.5 Å². The van der Waals surface area contributed by atoms with E-state index in [0.717, 1.165) is 25.4 Å². The molecular weight excluding hydrogens is 378 g/mol. The Kier molecular flexibility index (Phi) is 5.09. The summed E-state index contributed by atoms with van der Waals surface area (Å²) < 4.78 is 6.74. The lowest BCUT2D eigenvalue weighted by atomic mass is 10.2. The first-order valence-electron chi connectivity index (χ1n) is 8.25. The van der Waals surface area contributed by atoms with Crippen LogP contribution in [0.3, 0.4) is 0 Å². The number of ether oxygens (including phenoxy) is 1. The Morgan fingerprint density at radius 3 is 2.70 bits per heavy atom. The minimum Gasteiger partial charge on any atom is -0.489 e. The van der Waals surface area contributed by atoms with Crippen LogP contribution >= 0.6 is 23.1 Å². The molecule has 4 rings (SSSR count). The monoisotopic (exact) mass is 393 g/mol. The maximum atomic E-state index is 11.7. The van der Waals surface area contributed by atoms with E-state index < -0.39 is 5.97 Å². The summed E-state index contributed by atoms with van der Waals surface area (Å²) in [4.78, 5) is 17.9. The van der Waals surface area contributed by atoms with Gasteiger partial charge in [0.25, 0.3) is 0 Å². The fourth-order valence-corrected chi connectivity index (χ4v) is 4.92. The molecule has 0 bridgehead atoms. The molecule has 2 aromatic heterocycles. The molecule has 6 heteroatoms. The van der Waals surface area contributed by atoms with Gasteiger partial charge in [0.2, 0.25) is 0 Å². The molecule has 27 heavy (non-hydrogen) atoms. The molecule has 4 nitrogen and oxygen atoms in total. The van der Waals surface area contributed by atoms with E-state index in [4.69, 9.17) is 4.74 Å². The SMILES string of the molecule is O=C(O)c1sc2cc(OCc3cccnc3)ccc2c1Sc1ccccc1. The minimum absolute atomic E-state index is 0.350. The van der Waals surface area contributed by atoms with Gasteiger partial charge in [0.05, 0.1) is 0 Å². The van der Waals surface area contributed by atoms with Crippen molar-refractivity contribution in [1.29, 1.82) is 0 Å². The van der Waals surface area contributed by atoms with Crippen LogP contribution in [0.15, 0.2) is 82.8 Å². The van der Waals surface area contributed by atoms with E-state index in [1.165, 1.54) is 23.1 Å². The average Bonchev–Trinajstić information content (AvgIpc) is 3.06. The van der Waals surface area contributed by atoms with Crippen molar-refractivity contribution in [2.24, 2.45) is 0 Å². The number of aromatic carboxylic acids is 1. The van der Waals surface area contributed by atoms with Gasteiger partial charge in [-0.15, -0.1) is 11.3 Å². The summed E-state index contributed by atoms with van der Waals surface area (Å²) in [7, 11) is 0. The molecule has 0 unspecified atom stereocenters. The van der Waals surface area contributed by atoms with Crippen LogP contribution in [-0.4, -0.2) is 16.1 Å². The smallest absolute Gasteiger partial charge is 0.347 e. The Hall–Kier alpha value is -2.83. The molecule has 1 N–H and O–H groups in total. The molecule has 2 aromatic carbocycles. The van der Waals surface area contributed by atoms with Crippen LogP contribution in [0.25, 0.3) is 10.1 Å². The van der Waals surface area contributed by atoms with Crippen molar-refractivity contribution in [2.45, 2.75) is 16.4 Å². The van der Waals surface area contributed by atoms with Gasteiger partial charge in [-0.3, -0.25) is 4.98 Å². The van der Waals surface area contributed by atoms with E-state index in [2.05, 4.69) is 4.98 Å². The van der Waals surface area contributed by atoms with E-state index in [9.17, 15) is 9.90 Å². The van der Waals surface area contributed by atoms with Gasteiger partial charge in [0, 0.05) is 37.8 Å². The van der Waals surface area contributed by atoms with Crippen LogP contribution in [0.1, 0.15) is 15.2 Å². The fourth-order valence-electron chi connectivity index (χ4n) is 2.64. The molecule has 0 amide bonds. The Balaban J connectivity index is 1.65. The van der Waals surface area contributed by atoms with Gasteiger partial charge >= 0.3 is 5.97 Å². The van der Waals surface area contributed by atoms with E-state index in [1.54, 1.807) is 12.4 Å². The molecule has 0 aliphatic rings. The van der Waals surface area contributed by atoms with E-state index >= 15 is 0 Å². The molecule has 134 valence electrons. The number of thiophene rings is 1. The van der Waals surface area contributed by atoms with Gasteiger partial charge in [-0.25, -0.2) is 4.79 Å². The van der Waals surface area contributed by atoms with E-state index in [0.29, 0.717) is 17.2 Å². The van der Waals surface area contributed by atoms with Crippen LogP contribution in [0.5, 0.6) is 5.75 Å². The second kappa shape index (κ2) is 7.82. The third-order valence-electron chi connectivity index (χ3n) is 3.90. The summed E-state index contributed by atoms with van der Waals surface area (Å²) >= 11 is 2.75. The Bertz CT molecular complexity index is 1080. The van der Waals surface area contributed by atoms with E-state index in [1.807, 2.05) is 60.7 Å². The highest BCUT2D eigenvalue weighted by Crippen LogP contribution is 2.42. The zero-order valence-corrected chi connectivity index (χ0v) is 15.8. The highest BCUT2D eigenvalue weighted by atomic mass is 32.2. The van der Waals surface area contributed by atoms with Gasteiger partial charge in [-0.2, -0.15) is 0 Å². The number of benzene rings is 2. The molecule has 0 radical (unpaired) electrons. The second-order valence-electron chi connectivity index (χ2n) is 5.79. The van der Waals surface area contributed by atoms with Crippen molar-refractivity contribution in [2.75, 3.05) is 0 Å². The number of carboxylic acid groups (broad SMARTS) is 1. The Morgan fingerprint density at radius 2 is 1.96 bits per heavy atom. The quantitative estimate of drug-likeness (QED) is 0.454. The summed E-state index contributed by atoms with van der Waals surface area (Å²) in [6.45, 7) is 0.419. The standard InChI is InChI=1S/C21H15NO3S2/c23-21(24)20-19(26-16-6-2-1-3-7-16)17-9-8-15(11-18(17)27-20)25-13-14-5-4-10-22-12-14/h1-12H,13H2,(H,23,24). The summed E-state index contributed by atoms with van der Waals surface area (Å²) in [6, 6.07) is 19.3. The van der Waals surface area contributed by atoms with Gasteiger partial charge in [-0.05, 0) is 36.4 Å². The maximum absolute atomic E-state index is 11.7.